The van der Waals surface area contributed by atoms with Crippen LogP contribution >= 0.6 is 0 Å². The van der Waals surface area contributed by atoms with Crippen molar-refractivity contribution in [1.29, 1.82) is 0 Å². The molecule has 0 aliphatic carbocycles. The Morgan fingerprint density at radius 1 is 1.09 bits per heavy atom. The van der Waals surface area contributed by atoms with Crippen molar-refractivity contribution >= 4 is 15.9 Å². The van der Waals surface area contributed by atoms with Crippen molar-refractivity contribution in [2.75, 3.05) is 26.7 Å². The molecule has 2 heterocycles. The van der Waals surface area contributed by atoms with E-state index in [0.29, 0.717) is 24.4 Å². The van der Waals surface area contributed by atoms with Gasteiger partial charge in [0.25, 0.3) is 0 Å². The van der Waals surface area contributed by atoms with E-state index in [9.17, 15) is 13.2 Å². The summed E-state index contributed by atoms with van der Waals surface area (Å²) in [5, 5.41) is 0. The van der Waals surface area contributed by atoms with Gasteiger partial charge in [0.2, 0.25) is 15.9 Å². The number of rotatable bonds is 2. The number of amides is 1. The Morgan fingerprint density at radius 3 is 2.35 bits per heavy atom. The fourth-order valence-corrected chi connectivity index (χ4v) is 5.49. The molecular weight excluding hydrogens is 312 g/mol. The van der Waals surface area contributed by atoms with Crippen LogP contribution in [-0.2, 0) is 14.8 Å². The summed E-state index contributed by atoms with van der Waals surface area (Å²) in [5.41, 5.74) is 0.885. The van der Waals surface area contributed by atoms with Gasteiger partial charge in [-0.05, 0) is 43.2 Å². The summed E-state index contributed by atoms with van der Waals surface area (Å²) >= 11 is 0. The van der Waals surface area contributed by atoms with E-state index in [1.165, 1.54) is 0 Å². The third kappa shape index (κ3) is 3.02. The summed E-state index contributed by atoms with van der Waals surface area (Å²) in [6.07, 6.45) is 3.13. The zero-order chi connectivity index (χ0) is 16.7. The SMILES string of the molecule is Cc1ccccc1S(=O)(=O)N1CCC2(CCC(=O)N(C)C2)CC1. The highest BCUT2D eigenvalue weighted by molar-refractivity contribution is 7.89. The van der Waals surface area contributed by atoms with Crippen LogP contribution in [-0.4, -0.2) is 50.2 Å². The number of hydrogen-bond donors (Lipinski definition) is 0. The van der Waals surface area contributed by atoms with E-state index in [-0.39, 0.29) is 11.3 Å². The third-order valence-corrected chi connectivity index (χ3v) is 7.42. The van der Waals surface area contributed by atoms with Crippen LogP contribution in [0, 0.1) is 12.3 Å². The van der Waals surface area contributed by atoms with Crippen LogP contribution in [0.3, 0.4) is 0 Å². The number of carbonyl (C=O) groups is 1. The van der Waals surface area contributed by atoms with Crippen molar-refractivity contribution in [3.8, 4) is 0 Å². The lowest BCUT2D eigenvalue weighted by Crippen LogP contribution is -2.51. The standard InChI is InChI=1S/C17H24N2O3S/c1-14-5-3-4-6-15(14)23(21,22)19-11-9-17(10-12-19)8-7-16(20)18(2)13-17/h3-6H,7-13H2,1-2H3. The van der Waals surface area contributed by atoms with Crippen molar-refractivity contribution in [2.45, 2.75) is 37.5 Å². The third-order valence-electron chi connectivity index (χ3n) is 5.36. The Bertz CT molecular complexity index is 706. The topological polar surface area (TPSA) is 57.7 Å². The smallest absolute Gasteiger partial charge is 0.243 e. The second-order valence-corrected chi connectivity index (χ2v) is 8.83. The van der Waals surface area contributed by atoms with E-state index in [4.69, 9.17) is 0 Å². The number of piperidine rings is 2. The lowest BCUT2D eigenvalue weighted by Gasteiger charge is -2.46. The predicted octanol–water partition coefficient (Wildman–Crippen LogP) is 2.02. The maximum Gasteiger partial charge on any atom is 0.243 e. The van der Waals surface area contributed by atoms with Gasteiger partial charge in [-0.2, -0.15) is 4.31 Å². The summed E-state index contributed by atoms with van der Waals surface area (Å²) < 4.78 is 27.3. The number of carbonyl (C=O) groups excluding carboxylic acids is 1. The summed E-state index contributed by atoms with van der Waals surface area (Å²) in [4.78, 5) is 13.9. The lowest BCUT2D eigenvalue weighted by molar-refractivity contribution is -0.136. The molecule has 0 aromatic heterocycles. The second kappa shape index (κ2) is 5.91. The van der Waals surface area contributed by atoms with Gasteiger partial charge in [-0.15, -0.1) is 0 Å². The number of benzene rings is 1. The zero-order valence-electron chi connectivity index (χ0n) is 13.8. The quantitative estimate of drug-likeness (QED) is 0.830. The molecule has 2 aliphatic heterocycles. The van der Waals surface area contributed by atoms with Crippen molar-refractivity contribution < 1.29 is 13.2 Å². The fourth-order valence-electron chi connectivity index (χ4n) is 3.83. The number of likely N-dealkylation sites (tertiary alicyclic amines) is 1. The molecule has 0 saturated carbocycles. The first-order valence-corrected chi connectivity index (χ1v) is 9.58. The van der Waals surface area contributed by atoms with E-state index in [1.807, 2.05) is 26.1 Å². The van der Waals surface area contributed by atoms with Crippen molar-refractivity contribution in [3.63, 3.8) is 0 Å². The summed E-state index contributed by atoms with van der Waals surface area (Å²) in [6.45, 7) is 3.67. The minimum Gasteiger partial charge on any atom is -0.345 e. The highest BCUT2D eigenvalue weighted by atomic mass is 32.2. The van der Waals surface area contributed by atoms with Gasteiger partial charge >= 0.3 is 0 Å². The Morgan fingerprint density at radius 2 is 1.74 bits per heavy atom. The summed E-state index contributed by atoms with van der Waals surface area (Å²) in [5.74, 6) is 0.200. The van der Waals surface area contributed by atoms with Crippen molar-refractivity contribution in [2.24, 2.45) is 5.41 Å². The molecule has 2 aliphatic rings. The second-order valence-electron chi connectivity index (χ2n) is 6.92. The highest BCUT2D eigenvalue weighted by Crippen LogP contribution is 2.41. The van der Waals surface area contributed by atoms with E-state index in [1.54, 1.807) is 21.3 Å². The molecule has 1 aromatic rings. The molecule has 0 atom stereocenters. The molecule has 0 unspecified atom stereocenters. The number of hydrogen-bond acceptors (Lipinski definition) is 3. The zero-order valence-corrected chi connectivity index (χ0v) is 14.6. The Labute approximate surface area is 138 Å². The largest absolute Gasteiger partial charge is 0.345 e. The van der Waals surface area contributed by atoms with Crippen LogP contribution in [0.4, 0.5) is 0 Å². The molecule has 23 heavy (non-hydrogen) atoms. The molecule has 3 rings (SSSR count). The highest BCUT2D eigenvalue weighted by Gasteiger charge is 2.42. The molecule has 126 valence electrons. The molecule has 0 N–H and O–H groups in total. The first kappa shape index (κ1) is 16.5. The van der Waals surface area contributed by atoms with Crippen LogP contribution < -0.4 is 0 Å². The maximum absolute atomic E-state index is 12.9. The first-order valence-electron chi connectivity index (χ1n) is 8.14. The van der Waals surface area contributed by atoms with Gasteiger partial charge in [0, 0.05) is 33.1 Å². The summed E-state index contributed by atoms with van der Waals surface area (Å²) in [7, 11) is -1.57. The van der Waals surface area contributed by atoms with Gasteiger partial charge < -0.3 is 4.90 Å². The molecule has 0 bridgehead atoms. The number of sulfonamides is 1. The minimum atomic E-state index is -3.42. The lowest BCUT2D eigenvalue weighted by atomic mass is 9.73. The summed E-state index contributed by atoms with van der Waals surface area (Å²) in [6, 6.07) is 7.14. The van der Waals surface area contributed by atoms with Crippen LogP contribution in [0.25, 0.3) is 0 Å². The Kier molecular flexibility index (Phi) is 4.23. The molecule has 2 fully saturated rings. The molecule has 1 spiro atoms. The van der Waals surface area contributed by atoms with E-state index in [2.05, 4.69) is 0 Å². The van der Waals surface area contributed by atoms with Crippen molar-refractivity contribution in [3.05, 3.63) is 29.8 Å². The normalized spacial score (nSPS) is 22.5. The number of aryl methyl sites for hydroxylation is 1. The van der Waals surface area contributed by atoms with E-state index < -0.39 is 10.0 Å². The average molecular weight is 336 g/mol. The first-order chi connectivity index (χ1) is 10.8. The van der Waals surface area contributed by atoms with Crippen LogP contribution in [0.5, 0.6) is 0 Å². The van der Waals surface area contributed by atoms with E-state index >= 15 is 0 Å². The predicted molar refractivity (Wildman–Crippen MR) is 88.5 cm³/mol. The van der Waals surface area contributed by atoms with Crippen LogP contribution in [0.15, 0.2) is 29.2 Å². The van der Waals surface area contributed by atoms with Gasteiger partial charge in [-0.3, -0.25) is 4.79 Å². The minimum absolute atomic E-state index is 0.0976. The van der Waals surface area contributed by atoms with E-state index in [0.717, 1.165) is 31.4 Å². The van der Waals surface area contributed by atoms with Gasteiger partial charge in [0.1, 0.15) is 0 Å². The molecular formula is C17H24N2O3S. The maximum atomic E-state index is 12.9. The fraction of sp³-hybridized carbons (Fsp3) is 0.588. The Hall–Kier alpha value is -1.40. The van der Waals surface area contributed by atoms with Gasteiger partial charge in [-0.25, -0.2) is 8.42 Å². The molecule has 0 radical (unpaired) electrons. The van der Waals surface area contributed by atoms with Crippen LogP contribution in [0.1, 0.15) is 31.2 Å². The molecule has 1 amide bonds. The average Bonchev–Trinajstić information content (AvgIpc) is 2.52. The van der Waals surface area contributed by atoms with Crippen molar-refractivity contribution in [1.82, 2.24) is 9.21 Å². The molecule has 6 heteroatoms. The van der Waals surface area contributed by atoms with Gasteiger partial charge in [0.15, 0.2) is 0 Å². The molecule has 1 aromatic carbocycles. The van der Waals surface area contributed by atoms with Gasteiger partial charge in [0.05, 0.1) is 4.90 Å². The molecule has 5 nitrogen and oxygen atoms in total. The van der Waals surface area contributed by atoms with Gasteiger partial charge in [-0.1, -0.05) is 18.2 Å². The van der Waals surface area contributed by atoms with Crippen LogP contribution in [0.2, 0.25) is 0 Å². The number of nitrogens with zero attached hydrogens (tertiary/aromatic N) is 2. The Balaban J connectivity index is 1.74. The monoisotopic (exact) mass is 336 g/mol. The molecule has 2 saturated heterocycles.